The molecular weight excluding hydrogens is 268 g/mol. The van der Waals surface area contributed by atoms with E-state index in [1.807, 2.05) is 6.92 Å². The molecule has 0 saturated heterocycles. The van der Waals surface area contributed by atoms with Gasteiger partial charge in [-0.25, -0.2) is 9.59 Å². The van der Waals surface area contributed by atoms with Gasteiger partial charge in [0.1, 0.15) is 6.26 Å². The van der Waals surface area contributed by atoms with Gasteiger partial charge in [-0.1, -0.05) is 24.9 Å². The molecule has 0 aromatic heterocycles. The maximum absolute atomic E-state index is 11.5. The molecule has 0 aliphatic carbocycles. The number of esters is 2. The summed E-state index contributed by atoms with van der Waals surface area (Å²) in [6.45, 7) is 2.36. The minimum absolute atomic E-state index is 0.355. The number of carbonyl (C=O) groups excluding carboxylic acids is 2. The van der Waals surface area contributed by atoms with Gasteiger partial charge in [-0.3, -0.25) is 0 Å². The third kappa shape index (κ3) is 6.06. The van der Waals surface area contributed by atoms with Crippen LogP contribution in [-0.2, 0) is 14.3 Å². The molecule has 0 heterocycles. The third-order valence-electron chi connectivity index (χ3n) is 2.20. The van der Waals surface area contributed by atoms with Crippen LogP contribution in [0.3, 0.4) is 0 Å². The van der Waals surface area contributed by atoms with E-state index in [-0.39, 0.29) is 0 Å². The lowest BCUT2D eigenvalue weighted by atomic mass is 10.2. The lowest BCUT2D eigenvalue weighted by Gasteiger charge is -2.00. The minimum atomic E-state index is -0.561. The lowest BCUT2D eigenvalue weighted by Crippen LogP contribution is -2.04. The topological polar surface area (TPSA) is 52.6 Å². The smallest absolute Gasteiger partial charge is 0.342 e. The van der Waals surface area contributed by atoms with Crippen LogP contribution < -0.4 is 0 Å². The minimum Gasteiger partial charge on any atom is -0.462 e. The van der Waals surface area contributed by atoms with Crippen LogP contribution in [0.1, 0.15) is 30.1 Å². The Kier molecular flexibility index (Phi) is 6.68. The van der Waals surface area contributed by atoms with E-state index >= 15 is 0 Å². The third-order valence-corrected chi connectivity index (χ3v) is 2.45. The summed E-state index contributed by atoms with van der Waals surface area (Å²) in [5, 5.41) is 0.534. The zero-order chi connectivity index (χ0) is 14.1. The monoisotopic (exact) mass is 282 g/mol. The SMILES string of the molecule is CCCCOC(=O)/C=C/OC(=O)c1ccc(Cl)cc1. The highest BCUT2D eigenvalue weighted by Crippen LogP contribution is 2.10. The van der Waals surface area contributed by atoms with Crippen LogP contribution >= 0.6 is 11.6 Å². The predicted octanol–water partition coefficient (Wildman–Crippen LogP) is 3.35. The van der Waals surface area contributed by atoms with E-state index in [4.69, 9.17) is 21.1 Å². The molecule has 1 rings (SSSR count). The Morgan fingerprint density at radius 2 is 1.95 bits per heavy atom. The van der Waals surface area contributed by atoms with E-state index in [2.05, 4.69) is 0 Å². The highest BCUT2D eigenvalue weighted by Gasteiger charge is 2.05. The van der Waals surface area contributed by atoms with Crippen LogP contribution in [0, 0.1) is 0 Å². The Balaban J connectivity index is 2.37. The number of unbranched alkanes of at least 4 members (excludes halogenated alkanes) is 1. The van der Waals surface area contributed by atoms with E-state index < -0.39 is 11.9 Å². The van der Waals surface area contributed by atoms with Crippen LogP contribution in [0.25, 0.3) is 0 Å². The summed E-state index contributed by atoms with van der Waals surface area (Å²) in [6, 6.07) is 6.25. The molecule has 0 atom stereocenters. The zero-order valence-electron chi connectivity index (χ0n) is 10.6. The molecule has 0 saturated carbocycles. The summed E-state index contributed by atoms with van der Waals surface area (Å²) in [4.78, 5) is 22.7. The van der Waals surface area contributed by atoms with Crippen LogP contribution in [0.5, 0.6) is 0 Å². The van der Waals surface area contributed by atoms with Crippen molar-refractivity contribution < 1.29 is 19.1 Å². The van der Waals surface area contributed by atoms with Crippen molar-refractivity contribution in [3.8, 4) is 0 Å². The second-order valence-corrected chi connectivity index (χ2v) is 4.17. The Morgan fingerprint density at radius 3 is 2.58 bits per heavy atom. The van der Waals surface area contributed by atoms with Gasteiger partial charge in [0.15, 0.2) is 0 Å². The van der Waals surface area contributed by atoms with Crippen molar-refractivity contribution in [1.29, 1.82) is 0 Å². The predicted molar refractivity (Wildman–Crippen MR) is 71.9 cm³/mol. The van der Waals surface area contributed by atoms with Crippen molar-refractivity contribution in [3.05, 3.63) is 47.2 Å². The van der Waals surface area contributed by atoms with Crippen LogP contribution in [0.15, 0.2) is 36.6 Å². The fourth-order valence-corrected chi connectivity index (χ4v) is 1.30. The van der Waals surface area contributed by atoms with Crippen LogP contribution in [0.4, 0.5) is 0 Å². The second kappa shape index (κ2) is 8.32. The maximum Gasteiger partial charge on any atom is 0.342 e. The second-order valence-electron chi connectivity index (χ2n) is 3.74. The van der Waals surface area contributed by atoms with Gasteiger partial charge in [0, 0.05) is 5.02 Å². The fourth-order valence-electron chi connectivity index (χ4n) is 1.17. The van der Waals surface area contributed by atoms with Crippen molar-refractivity contribution in [1.82, 2.24) is 0 Å². The number of hydrogen-bond donors (Lipinski definition) is 0. The molecule has 5 heteroatoms. The molecule has 4 nitrogen and oxygen atoms in total. The molecule has 0 fully saturated rings. The molecule has 102 valence electrons. The Labute approximate surface area is 117 Å². The summed E-state index contributed by atoms with van der Waals surface area (Å²) < 4.78 is 9.63. The summed E-state index contributed by atoms with van der Waals surface area (Å²) in [6.07, 6.45) is 3.85. The van der Waals surface area contributed by atoms with E-state index in [9.17, 15) is 9.59 Å². The van der Waals surface area contributed by atoms with E-state index in [1.54, 1.807) is 12.1 Å². The molecule has 1 aromatic carbocycles. The molecule has 0 spiro atoms. The standard InChI is InChI=1S/C14H15ClO4/c1-2-3-9-18-13(16)8-10-19-14(17)11-4-6-12(15)7-5-11/h4-8,10H,2-3,9H2,1H3/b10-8+. The molecule has 0 amide bonds. The Bertz CT molecular complexity index is 451. The van der Waals surface area contributed by atoms with Crippen molar-refractivity contribution in [2.45, 2.75) is 19.8 Å². The molecule has 0 bridgehead atoms. The quantitative estimate of drug-likeness (QED) is 0.347. The van der Waals surface area contributed by atoms with Gasteiger partial charge in [-0.2, -0.15) is 0 Å². The molecule has 0 aliphatic rings. The number of benzene rings is 1. The maximum atomic E-state index is 11.5. The van der Waals surface area contributed by atoms with Crippen LogP contribution in [-0.4, -0.2) is 18.5 Å². The molecule has 0 N–H and O–H groups in total. The molecule has 0 radical (unpaired) electrons. The van der Waals surface area contributed by atoms with Gasteiger partial charge in [-0.15, -0.1) is 0 Å². The Hall–Kier alpha value is -1.81. The van der Waals surface area contributed by atoms with Gasteiger partial charge in [0.25, 0.3) is 0 Å². The van der Waals surface area contributed by atoms with Gasteiger partial charge in [0.05, 0.1) is 18.2 Å². The van der Waals surface area contributed by atoms with Gasteiger partial charge >= 0.3 is 11.9 Å². The van der Waals surface area contributed by atoms with Gasteiger partial charge in [0.2, 0.25) is 0 Å². The number of ether oxygens (including phenoxy) is 2. The first-order valence-electron chi connectivity index (χ1n) is 5.93. The first-order chi connectivity index (χ1) is 9.13. The van der Waals surface area contributed by atoms with E-state index in [0.29, 0.717) is 17.2 Å². The van der Waals surface area contributed by atoms with Crippen molar-refractivity contribution in [3.63, 3.8) is 0 Å². The van der Waals surface area contributed by atoms with Gasteiger partial charge < -0.3 is 9.47 Å². The normalized spacial score (nSPS) is 10.4. The largest absolute Gasteiger partial charge is 0.462 e. The number of rotatable bonds is 6. The summed E-state index contributed by atoms with van der Waals surface area (Å²) in [5.74, 6) is -1.09. The summed E-state index contributed by atoms with van der Waals surface area (Å²) >= 11 is 5.70. The van der Waals surface area contributed by atoms with Crippen molar-refractivity contribution >= 4 is 23.5 Å². The summed E-state index contributed by atoms with van der Waals surface area (Å²) in [7, 11) is 0. The molecule has 0 aliphatic heterocycles. The fraction of sp³-hybridized carbons (Fsp3) is 0.286. The number of carbonyl (C=O) groups is 2. The molecular formula is C14H15ClO4. The number of hydrogen-bond acceptors (Lipinski definition) is 4. The zero-order valence-corrected chi connectivity index (χ0v) is 11.4. The summed E-state index contributed by atoms with van der Waals surface area (Å²) in [5.41, 5.74) is 0.355. The highest BCUT2D eigenvalue weighted by atomic mass is 35.5. The molecule has 1 aromatic rings. The van der Waals surface area contributed by atoms with Crippen molar-refractivity contribution in [2.75, 3.05) is 6.61 Å². The van der Waals surface area contributed by atoms with Gasteiger partial charge in [-0.05, 0) is 30.7 Å². The van der Waals surface area contributed by atoms with Crippen molar-refractivity contribution in [2.24, 2.45) is 0 Å². The lowest BCUT2D eigenvalue weighted by molar-refractivity contribution is -0.137. The average molecular weight is 283 g/mol. The molecule has 0 unspecified atom stereocenters. The average Bonchev–Trinajstić information content (AvgIpc) is 2.39. The number of halogens is 1. The molecule has 19 heavy (non-hydrogen) atoms. The van der Waals surface area contributed by atoms with Crippen LogP contribution in [0.2, 0.25) is 5.02 Å². The van der Waals surface area contributed by atoms with E-state index in [0.717, 1.165) is 25.2 Å². The highest BCUT2D eigenvalue weighted by molar-refractivity contribution is 6.30. The van der Waals surface area contributed by atoms with E-state index in [1.165, 1.54) is 12.1 Å². The first-order valence-corrected chi connectivity index (χ1v) is 6.31. The Morgan fingerprint density at radius 1 is 1.26 bits per heavy atom. The first kappa shape index (κ1) is 15.2.